The molecule has 0 amide bonds. The van der Waals surface area contributed by atoms with E-state index < -0.39 is 6.10 Å². The van der Waals surface area contributed by atoms with Gasteiger partial charge in [0.15, 0.2) is 5.82 Å². The van der Waals surface area contributed by atoms with Gasteiger partial charge in [-0.2, -0.15) is 4.98 Å². The summed E-state index contributed by atoms with van der Waals surface area (Å²) in [5, 5.41) is 13.8. The standard InChI is InChI=1S/C12H13BrN6O/c1-8(20)4-11-14-2-3-18(11)7-10-16-12-15-5-9(13)6-19(12)17-10/h2-3,5-6,8,20H,4,7H2,1H3. The first-order valence-corrected chi connectivity index (χ1v) is 6.96. The summed E-state index contributed by atoms with van der Waals surface area (Å²) in [4.78, 5) is 12.8. The number of fused-ring (bicyclic) bond motifs is 1. The molecule has 20 heavy (non-hydrogen) atoms. The number of aromatic nitrogens is 6. The van der Waals surface area contributed by atoms with Gasteiger partial charge in [-0.1, -0.05) is 0 Å². The zero-order chi connectivity index (χ0) is 14.1. The summed E-state index contributed by atoms with van der Waals surface area (Å²) in [6.45, 7) is 2.24. The van der Waals surface area contributed by atoms with Crippen molar-refractivity contribution >= 4 is 21.7 Å². The lowest BCUT2D eigenvalue weighted by Gasteiger charge is -2.06. The van der Waals surface area contributed by atoms with Crippen LogP contribution in [0.5, 0.6) is 0 Å². The molecule has 3 aromatic heterocycles. The van der Waals surface area contributed by atoms with Crippen LogP contribution < -0.4 is 0 Å². The van der Waals surface area contributed by atoms with Crippen molar-refractivity contribution in [2.45, 2.75) is 26.0 Å². The highest BCUT2D eigenvalue weighted by Crippen LogP contribution is 2.09. The van der Waals surface area contributed by atoms with Crippen LogP contribution in [0.1, 0.15) is 18.6 Å². The van der Waals surface area contributed by atoms with Gasteiger partial charge < -0.3 is 9.67 Å². The Labute approximate surface area is 123 Å². The van der Waals surface area contributed by atoms with Crippen molar-refractivity contribution in [1.29, 1.82) is 0 Å². The van der Waals surface area contributed by atoms with Gasteiger partial charge in [-0.25, -0.2) is 14.5 Å². The molecule has 0 saturated heterocycles. The fourth-order valence-electron chi connectivity index (χ4n) is 1.96. The van der Waals surface area contributed by atoms with Crippen LogP contribution in [0, 0.1) is 0 Å². The van der Waals surface area contributed by atoms with E-state index >= 15 is 0 Å². The monoisotopic (exact) mass is 336 g/mol. The third-order valence-electron chi connectivity index (χ3n) is 2.80. The fraction of sp³-hybridized carbons (Fsp3) is 0.333. The second kappa shape index (κ2) is 5.29. The Morgan fingerprint density at radius 3 is 3.05 bits per heavy atom. The van der Waals surface area contributed by atoms with Crippen LogP contribution in [0.2, 0.25) is 0 Å². The van der Waals surface area contributed by atoms with E-state index in [4.69, 9.17) is 0 Å². The van der Waals surface area contributed by atoms with Crippen LogP contribution in [-0.4, -0.2) is 40.3 Å². The Hall–Kier alpha value is -1.80. The second-order valence-electron chi connectivity index (χ2n) is 4.57. The van der Waals surface area contributed by atoms with Crippen LogP contribution in [0.15, 0.2) is 29.3 Å². The maximum absolute atomic E-state index is 9.46. The first-order valence-electron chi connectivity index (χ1n) is 6.16. The number of rotatable bonds is 4. The average molecular weight is 337 g/mol. The summed E-state index contributed by atoms with van der Waals surface area (Å²) >= 11 is 3.35. The molecule has 8 heteroatoms. The molecule has 0 fully saturated rings. The minimum Gasteiger partial charge on any atom is -0.393 e. The predicted molar refractivity (Wildman–Crippen MR) is 75.2 cm³/mol. The fourth-order valence-corrected chi connectivity index (χ4v) is 2.26. The van der Waals surface area contributed by atoms with E-state index in [9.17, 15) is 5.11 Å². The number of hydrogen-bond donors (Lipinski definition) is 1. The summed E-state index contributed by atoms with van der Waals surface area (Å²) in [6.07, 6.45) is 7.13. The average Bonchev–Trinajstić information content (AvgIpc) is 2.95. The van der Waals surface area contributed by atoms with E-state index in [1.54, 1.807) is 23.8 Å². The Bertz CT molecular complexity index is 734. The Balaban J connectivity index is 1.87. The van der Waals surface area contributed by atoms with Crippen LogP contribution in [0.25, 0.3) is 5.78 Å². The number of halogens is 1. The number of nitrogens with zero attached hydrogens (tertiary/aromatic N) is 6. The maximum Gasteiger partial charge on any atom is 0.252 e. The quantitative estimate of drug-likeness (QED) is 0.770. The molecule has 0 bridgehead atoms. The molecule has 0 aliphatic heterocycles. The van der Waals surface area contributed by atoms with E-state index in [1.165, 1.54) is 0 Å². The second-order valence-corrected chi connectivity index (χ2v) is 5.48. The van der Waals surface area contributed by atoms with E-state index in [0.29, 0.717) is 24.6 Å². The molecule has 1 atom stereocenters. The summed E-state index contributed by atoms with van der Waals surface area (Å²) in [5.41, 5.74) is 0. The summed E-state index contributed by atoms with van der Waals surface area (Å²) in [5.74, 6) is 2.02. The highest BCUT2D eigenvalue weighted by Gasteiger charge is 2.10. The van der Waals surface area contributed by atoms with Gasteiger partial charge in [0.25, 0.3) is 5.78 Å². The lowest BCUT2D eigenvalue weighted by Crippen LogP contribution is -2.12. The molecule has 3 heterocycles. The summed E-state index contributed by atoms with van der Waals surface area (Å²) in [7, 11) is 0. The van der Waals surface area contributed by atoms with Crippen LogP contribution in [0.3, 0.4) is 0 Å². The molecule has 3 rings (SSSR count). The first kappa shape index (κ1) is 13.2. The van der Waals surface area contributed by atoms with Crippen molar-refractivity contribution in [2.24, 2.45) is 0 Å². The SMILES string of the molecule is CC(O)Cc1nccn1Cc1nc2ncc(Br)cn2n1. The van der Waals surface area contributed by atoms with Crippen LogP contribution in [0.4, 0.5) is 0 Å². The molecule has 1 unspecified atom stereocenters. The number of imidazole rings is 1. The molecule has 0 radical (unpaired) electrons. The molecular formula is C12H13BrN6O. The molecule has 1 N–H and O–H groups in total. The van der Waals surface area contributed by atoms with Crippen molar-refractivity contribution in [3.05, 3.63) is 40.9 Å². The molecule has 104 valence electrons. The largest absolute Gasteiger partial charge is 0.393 e. The normalized spacial score (nSPS) is 12.9. The molecule has 3 aromatic rings. The van der Waals surface area contributed by atoms with Gasteiger partial charge in [-0.3, -0.25) is 0 Å². The number of aliphatic hydroxyl groups excluding tert-OH is 1. The first-order chi connectivity index (χ1) is 9.61. The third-order valence-corrected chi connectivity index (χ3v) is 3.21. The van der Waals surface area contributed by atoms with E-state index in [-0.39, 0.29) is 0 Å². The van der Waals surface area contributed by atoms with Gasteiger partial charge in [-0.05, 0) is 22.9 Å². The highest BCUT2D eigenvalue weighted by molar-refractivity contribution is 9.10. The number of hydrogen-bond acceptors (Lipinski definition) is 5. The predicted octanol–water partition coefficient (Wildman–Crippen LogP) is 1.05. The van der Waals surface area contributed by atoms with E-state index in [1.807, 2.05) is 17.0 Å². The molecule has 0 aliphatic carbocycles. The van der Waals surface area contributed by atoms with Crippen molar-refractivity contribution in [3.8, 4) is 0 Å². The zero-order valence-electron chi connectivity index (χ0n) is 10.8. The smallest absolute Gasteiger partial charge is 0.252 e. The zero-order valence-corrected chi connectivity index (χ0v) is 12.4. The molecular weight excluding hydrogens is 324 g/mol. The molecule has 0 aromatic carbocycles. The third kappa shape index (κ3) is 2.70. The maximum atomic E-state index is 9.46. The van der Waals surface area contributed by atoms with Crippen LogP contribution >= 0.6 is 15.9 Å². The van der Waals surface area contributed by atoms with Crippen molar-refractivity contribution < 1.29 is 5.11 Å². The van der Waals surface area contributed by atoms with E-state index in [0.717, 1.165) is 10.3 Å². The Kier molecular flexibility index (Phi) is 3.49. The Morgan fingerprint density at radius 2 is 2.25 bits per heavy atom. The van der Waals surface area contributed by atoms with Crippen molar-refractivity contribution in [1.82, 2.24) is 29.1 Å². The highest BCUT2D eigenvalue weighted by atomic mass is 79.9. The lowest BCUT2D eigenvalue weighted by atomic mass is 10.3. The van der Waals surface area contributed by atoms with Gasteiger partial charge >= 0.3 is 0 Å². The Morgan fingerprint density at radius 1 is 1.40 bits per heavy atom. The van der Waals surface area contributed by atoms with Gasteiger partial charge in [0.05, 0.1) is 17.1 Å². The lowest BCUT2D eigenvalue weighted by molar-refractivity contribution is 0.191. The molecule has 7 nitrogen and oxygen atoms in total. The van der Waals surface area contributed by atoms with Crippen LogP contribution in [-0.2, 0) is 13.0 Å². The van der Waals surface area contributed by atoms with Gasteiger partial charge in [0, 0.05) is 31.2 Å². The van der Waals surface area contributed by atoms with Gasteiger partial charge in [0.2, 0.25) is 0 Å². The van der Waals surface area contributed by atoms with E-state index in [2.05, 4.69) is 36.0 Å². The van der Waals surface area contributed by atoms with Gasteiger partial charge in [-0.15, -0.1) is 5.10 Å². The number of aliphatic hydroxyl groups is 1. The van der Waals surface area contributed by atoms with Crippen molar-refractivity contribution in [2.75, 3.05) is 0 Å². The minimum absolute atomic E-state index is 0.428. The molecule has 0 spiro atoms. The molecule has 0 aliphatic rings. The van der Waals surface area contributed by atoms with Crippen molar-refractivity contribution in [3.63, 3.8) is 0 Å². The summed E-state index contributed by atoms with van der Waals surface area (Å²) in [6, 6.07) is 0. The topological polar surface area (TPSA) is 81.1 Å². The minimum atomic E-state index is -0.428. The van der Waals surface area contributed by atoms with Gasteiger partial charge in [0.1, 0.15) is 5.82 Å². The molecule has 0 saturated carbocycles. The summed E-state index contributed by atoms with van der Waals surface area (Å²) < 4.78 is 4.40.